The Kier molecular flexibility index (Phi) is 5.59. The minimum Gasteiger partial charge on any atom is -0.331 e. The van der Waals surface area contributed by atoms with Gasteiger partial charge in [0.15, 0.2) is 0 Å². The maximum Gasteiger partial charge on any atom is 0.230 e. The van der Waals surface area contributed by atoms with Gasteiger partial charge in [-0.05, 0) is 5.92 Å². The Labute approximate surface area is 89.9 Å². The van der Waals surface area contributed by atoms with Gasteiger partial charge in [-0.1, -0.05) is 19.9 Å². The molecule has 1 amide bonds. The van der Waals surface area contributed by atoms with Crippen molar-refractivity contribution in [1.82, 2.24) is 4.90 Å². The van der Waals surface area contributed by atoms with E-state index >= 15 is 0 Å². The molecule has 0 heterocycles. The van der Waals surface area contributed by atoms with Crippen LogP contribution in [0.2, 0.25) is 0 Å². The highest BCUT2D eigenvalue weighted by Gasteiger charge is 2.33. The molecule has 0 aliphatic rings. The summed E-state index contributed by atoms with van der Waals surface area (Å²) in [7, 11) is 0. The molecule has 0 rings (SSSR count). The van der Waals surface area contributed by atoms with Crippen LogP contribution in [0, 0.1) is 16.0 Å². The third kappa shape index (κ3) is 3.69. The highest BCUT2D eigenvalue weighted by atomic mass is 16.6. The topological polar surface area (TPSA) is 63.5 Å². The monoisotopic (exact) mass is 214 g/mol. The van der Waals surface area contributed by atoms with Gasteiger partial charge in [-0.3, -0.25) is 14.9 Å². The molecule has 0 aromatic carbocycles. The van der Waals surface area contributed by atoms with E-state index in [1.807, 2.05) is 13.8 Å². The van der Waals surface area contributed by atoms with Gasteiger partial charge in [0.1, 0.15) is 6.04 Å². The van der Waals surface area contributed by atoms with Gasteiger partial charge in [0.05, 0.1) is 0 Å². The Bertz CT molecular complexity index is 241. The van der Waals surface area contributed by atoms with Gasteiger partial charge >= 0.3 is 0 Å². The van der Waals surface area contributed by atoms with Gasteiger partial charge in [-0.15, -0.1) is 6.58 Å². The normalized spacial score (nSPS) is 14.4. The predicted molar refractivity (Wildman–Crippen MR) is 58.0 cm³/mol. The van der Waals surface area contributed by atoms with Crippen molar-refractivity contribution in [2.45, 2.75) is 32.9 Å². The first-order chi connectivity index (χ1) is 6.95. The number of nitro groups is 1. The van der Waals surface area contributed by atoms with Crippen molar-refractivity contribution in [3.05, 3.63) is 22.8 Å². The van der Waals surface area contributed by atoms with E-state index in [4.69, 9.17) is 0 Å². The Balaban J connectivity index is 4.83. The van der Waals surface area contributed by atoms with Gasteiger partial charge in [-0.25, -0.2) is 0 Å². The van der Waals surface area contributed by atoms with Crippen LogP contribution in [0.15, 0.2) is 12.7 Å². The number of carbonyl (C=O) groups excluding carboxylic acids is 1. The summed E-state index contributed by atoms with van der Waals surface area (Å²) in [6, 6.07) is -1.16. The first kappa shape index (κ1) is 13.6. The summed E-state index contributed by atoms with van der Waals surface area (Å²) >= 11 is 0. The van der Waals surface area contributed by atoms with Gasteiger partial charge in [-0.2, -0.15) is 0 Å². The minimum absolute atomic E-state index is 0.0375. The van der Waals surface area contributed by atoms with Crippen LogP contribution in [0.3, 0.4) is 0 Å². The Hall–Kier alpha value is -1.39. The SMILES string of the molecule is C=CCN(C=O)C(C(C)C)C(C)[N+](=O)[O-]. The summed E-state index contributed by atoms with van der Waals surface area (Å²) in [4.78, 5) is 22.6. The Morgan fingerprint density at radius 2 is 2.00 bits per heavy atom. The molecule has 0 bridgehead atoms. The zero-order chi connectivity index (χ0) is 12.0. The number of hydrogen-bond acceptors (Lipinski definition) is 3. The molecule has 0 aromatic heterocycles. The van der Waals surface area contributed by atoms with E-state index in [9.17, 15) is 14.9 Å². The van der Waals surface area contributed by atoms with Crippen LogP contribution in [0.5, 0.6) is 0 Å². The van der Waals surface area contributed by atoms with E-state index in [2.05, 4.69) is 6.58 Å². The summed E-state index contributed by atoms with van der Waals surface area (Å²) in [5.74, 6) is 0.0375. The number of carbonyl (C=O) groups is 1. The molecule has 0 saturated heterocycles. The average molecular weight is 214 g/mol. The molecule has 86 valence electrons. The van der Waals surface area contributed by atoms with Crippen molar-refractivity contribution < 1.29 is 9.72 Å². The first-order valence-corrected chi connectivity index (χ1v) is 4.91. The highest BCUT2D eigenvalue weighted by Crippen LogP contribution is 2.15. The standard InChI is InChI=1S/C10H18N2O3/c1-5-6-11(7-13)10(8(2)3)9(4)12(14)15/h5,7-10H,1,6H2,2-4H3. The molecule has 5 nitrogen and oxygen atoms in total. The molecule has 5 heteroatoms. The van der Waals surface area contributed by atoms with Crippen LogP contribution >= 0.6 is 0 Å². The predicted octanol–water partition coefficient (Wildman–Crippen LogP) is 1.32. The summed E-state index contributed by atoms with van der Waals surface area (Å²) in [5.41, 5.74) is 0. The van der Waals surface area contributed by atoms with Crippen molar-refractivity contribution in [2.24, 2.45) is 5.92 Å². The molecule has 0 aromatic rings. The molecule has 0 N–H and O–H groups in total. The van der Waals surface area contributed by atoms with Crippen molar-refractivity contribution in [3.63, 3.8) is 0 Å². The second kappa shape index (κ2) is 6.16. The molecule has 0 aliphatic carbocycles. The second-order valence-electron chi connectivity index (χ2n) is 3.85. The quantitative estimate of drug-likeness (QED) is 0.278. The maximum absolute atomic E-state index is 10.8. The van der Waals surface area contributed by atoms with Crippen LogP contribution in [-0.4, -0.2) is 34.9 Å². The fourth-order valence-corrected chi connectivity index (χ4v) is 1.73. The lowest BCUT2D eigenvalue weighted by Crippen LogP contribution is -2.48. The van der Waals surface area contributed by atoms with Crippen molar-refractivity contribution in [1.29, 1.82) is 0 Å². The molecule has 0 aliphatic heterocycles. The third-order valence-electron chi connectivity index (χ3n) is 2.37. The molecule has 15 heavy (non-hydrogen) atoms. The van der Waals surface area contributed by atoms with Crippen LogP contribution < -0.4 is 0 Å². The molecule has 0 radical (unpaired) electrons. The number of nitrogens with zero attached hydrogens (tertiary/aromatic N) is 2. The molecular formula is C10H18N2O3. The molecule has 0 fully saturated rings. The largest absolute Gasteiger partial charge is 0.331 e. The Morgan fingerprint density at radius 1 is 1.47 bits per heavy atom. The Morgan fingerprint density at radius 3 is 2.27 bits per heavy atom. The second-order valence-corrected chi connectivity index (χ2v) is 3.85. The van der Waals surface area contributed by atoms with Crippen LogP contribution in [0.1, 0.15) is 20.8 Å². The van der Waals surface area contributed by atoms with Gasteiger partial charge in [0, 0.05) is 18.4 Å². The smallest absolute Gasteiger partial charge is 0.230 e. The van der Waals surface area contributed by atoms with E-state index in [0.717, 1.165) is 0 Å². The zero-order valence-electron chi connectivity index (χ0n) is 9.42. The first-order valence-electron chi connectivity index (χ1n) is 4.91. The zero-order valence-corrected chi connectivity index (χ0v) is 9.42. The van der Waals surface area contributed by atoms with Crippen molar-refractivity contribution >= 4 is 6.41 Å². The van der Waals surface area contributed by atoms with Gasteiger partial charge < -0.3 is 4.90 Å². The number of amides is 1. The highest BCUT2D eigenvalue weighted by molar-refractivity contribution is 5.48. The minimum atomic E-state index is -0.768. The van der Waals surface area contributed by atoms with Crippen molar-refractivity contribution in [2.75, 3.05) is 6.54 Å². The molecule has 0 saturated carbocycles. The fourth-order valence-electron chi connectivity index (χ4n) is 1.73. The fraction of sp³-hybridized carbons (Fsp3) is 0.700. The van der Waals surface area contributed by atoms with E-state index in [1.54, 1.807) is 6.08 Å². The van der Waals surface area contributed by atoms with Crippen LogP contribution in [-0.2, 0) is 4.79 Å². The van der Waals surface area contributed by atoms with E-state index in [1.165, 1.54) is 11.8 Å². The summed E-state index contributed by atoms with van der Waals surface area (Å²) in [6.45, 7) is 9.11. The van der Waals surface area contributed by atoms with Gasteiger partial charge in [0.25, 0.3) is 0 Å². The van der Waals surface area contributed by atoms with Crippen LogP contribution in [0.25, 0.3) is 0 Å². The van der Waals surface area contributed by atoms with Crippen molar-refractivity contribution in [3.8, 4) is 0 Å². The lowest BCUT2D eigenvalue weighted by atomic mass is 9.96. The summed E-state index contributed by atoms with van der Waals surface area (Å²) in [5, 5.41) is 10.7. The lowest BCUT2D eigenvalue weighted by molar-refractivity contribution is -0.526. The molecule has 2 atom stereocenters. The third-order valence-corrected chi connectivity index (χ3v) is 2.37. The van der Waals surface area contributed by atoms with E-state index in [-0.39, 0.29) is 10.8 Å². The number of hydrogen-bond donors (Lipinski definition) is 0. The maximum atomic E-state index is 10.8. The lowest BCUT2D eigenvalue weighted by Gasteiger charge is -2.30. The van der Waals surface area contributed by atoms with Crippen LogP contribution in [0.4, 0.5) is 0 Å². The summed E-state index contributed by atoms with van der Waals surface area (Å²) in [6.07, 6.45) is 2.21. The van der Waals surface area contributed by atoms with Gasteiger partial charge in [0.2, 0.25) is 12.5 Å². The number of rotatable bonds is 7. The average Bonchev–Trinajstić information content (AvgIpc) is 2.15. The molecule has 2 unspecified atom stereocenters. The molecule has 0 spiro atoms. The summed E-state index contributed by atoms with van der Waals surface area (Å²) < 4.78 is 0. The van der Waals surface area contributed by atoms with E-state index < -0.39 is 12.1 Å². The molecular weight excluding hydrogens is 196 g/mol. The van der Waals surface area contributed by atoms with E-state index in [0.29, 0.717) is 13.0 Å².